The number of nitrogens with zero attached hydrogens (tertiary/aromatic N) is 2. The van der Waals surface area contributed by atoms with Crippen molar-refractivity contribution in [2.45, 2.75) is 13.5 Å². The molecule has 17 heavy (non-hydrogen) atoms. The van der Waals surface area contributed by atoms with Crippen molar-refractivity contribution in [1.82, 2.24) is 9.97 Å². The fraction of sp³-hybridized carbons (Fsp3) is 0.167. The van der Waals surface area contributed by atoms with Gasteiger partial charge in [0.2, 0.25) is 0 Å². The molecule has 0 aliphatic rings. The van der Waals surface area contributed by atoms with Crippen LogP contribution in [0.3, 0.4) is 0 Å². The highest BCUT2D eigenvalue weighted by atomic mass is 15.3. The summed E-state index contributed by atoms with van der Waals surface area (Å²) in [5.41, 5.74) is 4.91. The van der Waals surface area contributed by atoms with E-state index in [1.165, 1.54) is 11.1 Å². The minimum atomic E-state index is 0.541. The first-order valence-corrected chi connectivity index (χ1v) is 5.36. The van der Waals surface area contributed by atoms with Gasteiger partial charge in [0.1, 0.15) is 5.82 Å². The van der Waals surface area contributed by atoms with E-state index in [0.717, 1.165) is 0 Å². The maximum absolute atomic E-state index is 5.26. The monoisotopic (exact) mass is 229 g/mol. The highest BCUT2D eigenvalue weighted by Crippen LogP contribution is 2.08. The number of rotatable bonds is 4. The third-order valence-electron chi connectivity index (χ3n) is 2.38. The molecule has 0 fully saturated rings. The van der Waals surface area contributed by atoms with Crippen molar-refractivity contribution in [3.8, 4) is 0 Å². The molecule has 0 saturated heterocycles. The highest BCUT2D eigenvalue weighted by molar-refractivity contribution is 5.41. The summed E-state index contributed by atoms with van der Waals surface area (Å²) in [4.78, 5) is 8.23. The first kappa shape index (κ1) is 11.3. The van der Waals surface area contributed by atoms with Gasteiger partial charge in [-0.2, -0.15) is 0 Å². The van der Waals surface area contributed by atoms with Crippen molar-refractivity contribution >= 4 is 11.6 Å². The van der Waals surface area contributed by atoms with Gasteiger partial charge in [0.25, 0.3) is 0 Å². The van der Waals surface area contributed by atoms with E-state index in [0.29, 0.717) is 18.2 Å². The summed E-state index contributed by atoms with van der Waals surface area (Å²) in [6.07, 6.45) is 3.23. The fourth-order valence-corrected chi connectivity index (χ4v) is 1.42. The molecular formula is C12H15N5. The van der Waals surface area contributed by atoms with E-state index in [9.17, 15) is 0 Å². The number of hydrogen-bond acceptors (Lipinski definition) is 5. The second kappa shape index (κ2) is 5.27. The lowest BCUT2D eigenvalue weighted by Gasteiger charge is -2.06. The molecule has 0 bridgehead atoms. The van der Waals surface area contributed by atoms with Crippen LogP contribution in [0.4, 0.5) is 11.6 Å². The lowest BCUT2D eigenvalue weighted by molar-refractivity contribution is 1.08. The Labute approximate surface area is 100 Å². The number of nitrogens with one attached hydrogen (secondary N) is 2. The van der Waals surface area contributed by atoms with Crippen LogP contribution in [0.5, 0.6) is 0 Å². The van der Waals surface area contributed by atoms with Crippen LogP contribution >= 0.6 is 0 Å². The molecule has 4 N–H and O–H groups in total. The van der Waals surface area contributed by atoms with E-state index >= 15 is 0 Å². The number of benzene rings is 1. The number of nitrogen functional groups attached to an aromatic ring is 1. The van der Waals surface area contributed by atoms with Gasteiger partial charge in [0.05, 0.1) is 12.4 Å². The maximum Gasteiger partial charge on any atom is 0.160 e. The minimum absolute atomic E-state index is 0.541. The van der Waals surface area contributed by atoms with Gasteiger partial charge >= 0.3 is 0 Å². The first-order valence-electron chi connectivity index (χ1n) is 5.36. The Kier molecular flexibility index (Phi) is 3.52. The Hall–Kier alpha value is -2.14. The van der Waals surface area contributed by atoms with E-state index < -0.39 is 0 Å². The highest BCUT2D eigenvalue weighted by Gasteiger charge is 1.97. The zero-order chi connectivity index (χ0) is 12.1. The quantitative estimate of drug-likeness (QED) is 0.549. The molecule has 0 radical (unpaired) electrons. The van der Waals surface area contributed by atoms with Crippen molar-refractivity contribution in [2.75, 3.05) is 10.7 Å². The minimum Gasteiger partial charge on any atom is -0.365 e. The van der Waals surface area contributed by atoms with Crippen molar-refractivity contribution in [2.24, 2.45) is 5.84 Å². The Bertz CT molecular complexity index is 481. The van der Waals surface area contributed by atoms with Crippen LogP contribution < -0.4 is 16.6 Å². The molecule has 5 heteroatoms. The molecule has 0 aliphatic heterocycles. The molecular weight excluding hydrogens is 214 g/mol. The van der Waals surface area contributed by atoms with Gasteiger partial charge in [-0.15, -0.1) is 0 Å². The number of hydrazine groups is 1. The summed E-state index contributed by atoms with van der Waals surface area (Å²) in [6, 6.07) is 8.34. The first-order chi connectivity index (χ1) is 8.28. The molecule has 1 aromatic carbocycles. The van der Waals surface area contributed by atoms with Crippen LogP contribution in [0.15, 0.2) is 36.7 Å². The molecule has 1 heterocycles. The van der Waals surface area contributed by atoms with Crippen LogP contribution in [-0.4, -0.2) is 9.97 Å². The summed E-state index contributed by atoms with van der Waals surface area (Å²) in [5, 5.41) is 3.19. The molecule has 0 saturated carbocycles. The van der Waals surface area contributed by atoms with Crippen LogP contribution in [0, 0.1) is 6.92 Å². The van der Waals surface area contributed by atoms with E-state index in [-0.39, 0.29) is 0 Å². The average Bonchev–Trinajstić information content (AvgIpc) is 2.38. The SMILES string of the molecule is Cc1ccc(CNc2cncc(NN)n2)cc1. The smallest absolute Gasteiger partial charge is 0.160 e. The van der Waals surface area contributed by atoms with Gasteiger partial charge in [-0.25, -0.2) is 10.8 Å². The van der Waals surface area contributed by atoms with Crippen molar-refractivity contribution in [3.63, 3.8) is 0 Å². The van der Waals surface area contributed by atoms with Crippen molar-refractivity contribution in [1.29, 1.82) is 0 Å². The molecule has 2 rings (SSSR count). The molecule has 0 aliphatic carbocycles. The number of nitrogens with two attached hydrogens (primary N) is 1. The molecule has 88 valence electrons. The van der Waals surface area contributed by atoms with Crippen LogP contribution in [0.1, 0.15) is 11.1 Å². The molecule has 0 amide bonds. The predicted molar refractivity (Wildman–Crippen MR) is 68.3 cm³/mol. The van der Waals surface area contributed by atoms with Crippen molar-refractivity contribution in [3.05, 3.63) is 47.8 Å². The molecule has 5 nitrogen and oxygen atoms in total. The van der Waals surface area contributed by atoms with Gasteiger partial charge in [-0.05, 0) is 12.5 Å². The topological polar surface area (TPSA) is 75.9 Å². The normalized spacial score (nSPS) is 10.0. The summed E-state index contributed by atoms with van der Waals surface area (Å²) < 4.78 is 0. The fourth-order valence-electron chi connectivity index (χ4n) is 1.42. The van der Waals surface area contributed by atoms with Crippen LogP contribution in [0.25, 0.3) is 0 Å². The molecule has 1 aromatic heterocycles. The van der Waals surface area contributed by atoms with Gasteiger partial charge < -0.3 is 10.7 Å². The Morgan fingerprint density at radius 3 is 2.53 bits per heavy atom. The molecule has 0 spiro atoms. The number of hydrogen-bond donors (Lipinski definition) is 3. The molecule has 2 aromatic rings. The standard InChI is InChI=1S/C12H15N5/c1-9-2-4-10(5-3-9)6-15-11-7-14-8-12(16-11)17-13/h2-5,7-8H,6,13H2,1H3,(H2,15,16,17). The van der Waals surface area contributed by atoms with E-state index in [2.05, 4.69) is 51.9 Å². The van der Waals surface area contributed by atoms with Gasteiger partial charge in [0, 0.05) is 6.54 Å². The van der Waals surface area contributed by atoms with Gasteiger partial charge in [0.15, 0.2) is 5.82 Å². The van der Waals surface area contributed by atoms with Gasteiger partial charge in [-0.1, -0.05) is 29.8 Å². The second-order valence-corrected chi connectivity index (χ2v) is 3.77. The summed E-state index contributed by atoms with van der Waals surface area (Å²) in [5.74, 6) is 6.50. The third-order valence-corrected chi connectivity index (χ3v) is 2.38. The lowest BCUT2D eigenvalue weighted by atomic mass is 10.1. The molecule has 0 atom stereocenters. The van der Waals surface area contributed by atoms with Crippen LogP contribution in [-0.2, 0) is 6.54 Å². The summed E-state index contributed by atoms with van der Waals surface area (Å²) >= 11 is 0. The van der Waals surface area contributed by atoms with Crippen molar-refractivity contribution < 1.29 is 0 Å². The van der Waals surface area contributed by atoms with E-state index in [1.807, 2.05) is 0 Å². The Balaban J connectivity index is 1.99. The van der Waals surface area contributed by atoms with E-state index in [4.69, 9.17) is 5.84 Å². The van der Waals surface area contributed by atoms with Gasteiger partial charge in [-0.3, -0.25) is 4.98 Å². The maximum atomic E-state index is 5.26. The van der Waals surface area contributed by atoms with E-state index in [1.54, 1.807) is 12.4 Å². The second-order valence-electron chi connectivity index (χ2n) is 3.77. The zero-order valence-corrected chi connectivity index (χ0v) is 9.64. The predicted octanol–water partition coefficient (Wildman–Crippen LogP) is 1.68. The van der Waals surface area contributed by atoms with Crippen LogP contribution in [0.2, 0.25) is 0 Å². The number of anilines is 2. The third kappa shape index (κ3) is 3.15. The average molecular weight is 229 g/mol. The zero-order valence-electron chi connectivity index (χ0n) is 9.64. The Morgan fingerprint density at radius 2 is 1.82 bits per heavy atom. The molecule has 0 unspecified atom stereocenters. The summed E-state index contributed by atoms with van der Waals surface area (Å²) in [6.45, 7) is 2.78. The Morgan fingerprint density at radius 1 is 1.12 bits per heavy atom. The summed E-state index contributed by atoms with van der Waals surface area (Å²) in [7, 11) is 0. The lowest BCUT2D eigenvalue weighted by Crippen LogP contribution is -2.10. The largest absolute Gasteiger partial charge is 0.365 e. The number of aryl methyl sites for hydroxylation is 1. The number of aromatic nitrogens is 2.